The minimum atomic E-state index is -0.536. The van der Waals surface area contributed by atoms with Gasteiger partial charge in [0.05, 0.1) is 0 Å². The van der Waals surface area contributed by atoms with Crippen molar-refractivity contribution < 1.29 is 4.21 Å². The molecule has 1 saturated heterocycles. The molecule has 0 spiro atoms. The average molecular weight is 269 g/mol. The molecule has 1 fully saturated rings. The molecule has 0 radical (unpaired) electrons. The van der Waals surface area contributed by atoms with Gasteiger partial charge in [-0.1, -0.05) is 18.6 Å². The molecule has 2 atom stereocenters. The van der Waals surface area contributed by atoms with Crippen molar-refractivity contribution in [3.63, 3.8) is 0 Å². The van der Waals surface area contributed by atoms with Crippen molar-refractivity contribution in [1.29, 1.82) is 0 Å². The van der Waals surface area contributed by atoms with E-state index in [0.29, 0.717) is 6.04 Å². The molecular formula is C15H27NOS. The Hall–Kier alpha value is -0.150. The van der Waals surface area contributed by atoms with Crippen LogP contribution < -0.4 is 0 Å². The third-order valence-corrected chi connectivity index (χ3v) is 6.21. The van der Waals surface area contributed by atoms with Gasteiger partial charge in [0, 0.05) is 34.9 Å². The lowest BCUT2D eigenvalue weighted by molar-refractivity contribution is 0.177. The summed E-state index contributed by atoms with van der Waals surface area (Å²) in [5, 5.41) is 0. The molecule has 0 aromatic heterocycles. The molecular weight excluding hydrogens is 242 g/mol. The van der Waals surface area contributed by atoms with Crippen molar-refractivity contribution in [1.82, 2.24) is 4.90 Å². The number of hydrogen-bond donors (Lipinski definition) is 0. The maximum atomic E-state index is 11.4. The van der Waals surface area contributed by atoms with Gasteiger partial charge in [0.2, 0.25) is 0 Å². The van der Waals surface area contributed by atoms with Crippen molar-refractivity contribution in [2.45, 2.75) is 45.6 Å². The number of hydrogen-bond acceptors (Lipinski definition) is 2. The fourth-order valence-corrected chi connectivity index (χ4v) is 4.65. The van der Waals surface area contributed by atoms with Crippen LogP contribution in [0.2, 0.25) is 0 Å². The Morgan fingerprint density at radius 3 is 2.61 bits per heavy atom. The molecule has 0 unspecified atom stereocenters. The minimum Gasteiger partial charge on any atom is -0.303 e. The predicted molar refractivity (Wildman–Crippen MR) is 79.2 cm³/mol. The molecule has 1 heterocycles. The monoisotopic (exact) mass is 269 g/mol. The fourth-order valence-electron chi connectivity index (χ4n) is 3.38. The summed E-state index contributed by atoms with van der Waals surface area (Å²) in [6.45, 7) is 5.87. The second kappa shape index (κ2) is 6.33. The zero-order valence-electron chi connectivity index (χ0n) is 12.0. The summed E-state index contributed by atoms with van der Waals surface area (Å²) in [4.78, 5) is 2.53. The standard InChI is InChI=1S/C15H27NOS/c1-12-5-4-6-13(2)15(12)11-16(3)14-7-9-18(17)10-8-14/h5,13-15H,4,6-11H2,1-3H3/t13-,14?,15+,18?/m1/s1. The first-order valence-electron chi connectivity index (χ1n) is 7.29. The molecule has 0 amide bonds. The Kier molecular flexibility index (Phi) is 5.02. The third-order valence-electron chi connectivity index (χ3n) is 4.83. The van der Waals surface area contributed by atoms with Crippen LogP contribution in [0.25, 0.3) is 0 Å². The summed E-state index contributed by atoms with van der Waals surface area (Å²) in [5.74, 6) is 3.36. The van der Waals surface area contributed by atoms with Gasteiger partial charge >= 0.3 is 0 Å². The van der Waals surface area contributed by atoms with E-state index < -0.39 is 10.8 Å². The smallest absolute Gasteiger partial charge is 0.0249 e. The molecule has 2 aliphatic rings. The lowest BCUT2D eigenvalue weighted by Crippen LogP contribution is -2.41. The second-order valence-electron chi connectivity index (χ2n) is 6.13. The first kappa shape index (κ1) is 14.3. The molecule has 2 nitrogen and oxygen atoms in total. The molecule has 18 heavy (non-hydrogen) atoms. The highest BCUT2D eigenvalue weighted by Crippen LogP contribution is 2.31. The van der Waals surface area contributed by atoms with E-state index in [0.717, 1.165) is 36.2 Å². The van der Waals surface area contributed by atoms with Gasteiger partial charge in [0.1, 0.15) is 0 Å². The number of allylic oxidation sites excluding steroid dienone is 1. The van der Waals surface area contributed by atoms with E-state index in [1.807, 2.05) is 0 Å². The van der Waals surface area contributed by atoms with Crippen molar-refractivity contribution in [3.8, 4) is 0 Å². The summed E-state index contributed by atoms with van der Waals surface area (Å²) >= 11 is 0. The van der Waals surface area contributed by atoms with Crippen LogP contribution in [0.4, 0.5) is 0 Å². The van der Waals surface area contributed by atoms with Gasteiger partial charge in [-0.15, -0.1) is 0 Å². The first-order chi connectivity index (χ1) is 8.58. The summed E-state index contributed by atoms with van der Waals surface area (Å²) in [6, 6.07) is 0.657. The SMILES string of the molecule is CC1=CCC[C@@H](C)[C@H]1CN(C)C1CCS(=O)CC1. The van der Waals surface area contributed by atoms with Crippen LogP contribution >= 0.6 is 0 Å². The number of rotatable bonds is 3. The molecule has 0 N–H and O–H groups in total. The van der Waals surface area contributed by atoms with Gasteiger partial charge in [-0.3, -0.25) is 4.21 Å². The zero-order chi connectivity index (χ0) is 13.1. The molecule has 0 aromatic rings. The Balaban J connectivity index is 1.90. The summed E-state index contributed by atoms with van der Waals surface area (Å²) in [7, 11) is 1.72. The average Bonchev–Trinajstić information content (AvgIpc) is 2.34. The molecule has 2 rings (SSSR count). The largest absolute Gasteiger partial charge is 0.303 e. The van der Waals surface area contributed by atoms with Crippen LogP contribution in [0, 0.1) is 11.8 Å². The third kappa shape index (κ3) is 3.45. The topological polar surface area (TPSA) is 20.3 Å². The van der Waals surface area contributed by atoms with E-state index in [4.69, 9.17) is 0 Å². The lowest BCUT2D eigenvalue weighted by Gasteiger charge is -2.37. The summed E-state index contributed by atoms with van der Waals surface area (Å²) in [6.07, 6.45) is 7.26. The van der Waals surface area contributed by atoms with Crippen LogP contribution in [0.5, 0.6) is 0 Å². The Morgan fingerprint density at radius 1 is 1.33 bits per heavy atom. The quantitative estimate of drug-likeness (QED) is 0.734. The highest BCUT2D eigenvalue weighted by molar-refractivity contribution is 7.85. The molecule has 1 aliphatic heterocycles. The van der Waals surface area contributed by atoms with Gasteiger partial charge < -0.3 is 4.90 Å². The summed E-state index contributed by atoms with van der Waals surface area (Å²) in [5.41, 5.74) is 1.58. The van der Waals surface area contributed by atoms with E-state index in [9.17, 15) is 4.21 Å². The van der Waals surface area contributed by atoms with Gasteiger partial charge in [-0.05, 0) is 51.5 Å². The van der Waals surface area contributed by atoms with E-state index in [-0.39, 0.29) is 0 Å². The molecule has 1 aliphatic carbocycles. The van der Waals surface area contributed by atoms with Crippen molar-refractivity contribution in [2.24, 2.45) is 11.8 Å². The van der Waals surface area contributed by atoms with Gasteiger partial charge in [0.25, 0.3) is 0 Å². The van der Waals surface area contributed by atoms with Crippen LogP contribution in [-0.2, 0) is 10.8 Å². The maximum absolute atomic E-state index is 11.4. The molecule has 0 aromatic carbocycles. The number of nitrogens with zero attached hydrogens (tertiary/aromatic N) is 1. The Labute approximate surface area is 114 Å². The van der Waals surface area contributed by atoms with Gasteiger partial charge in [-0.2, -0.15) is 0 Å². The van der Waals surface area contributed by atoms with Gasteiger partial charge in [0.15, 0.2) is 0 Å². The second-order valence-corrected chi connectivity index (χ2v) is 7.82. The van der Waals surface area contributed by atoms with Crippen molar-refractivity contribution >= 4 is 10.8 Å². The minimum absolute atomic E-state index is 0.536. The molecule has 0 saturated carbocycles. The highest BCUT2D eigenvalue weighted by Gasteiger charge is 2.27. The van der Waals surface area contributed by atoms with Gasteiger partial charge in [-0.25, -0.2) is 0 Å². The Morgan fingerprint density at radius 2 is 2.00 bits per heavy atom. The normalized spacial score (nSPS) is 37.7. The van der Waals surface area contributed by atoms with Crippen molar-refractivity contribution in [2.75, 3.05) is 25.1 Å². The maximum Gasteiger partial charge on any atom is 0.0249 e. The van der Waals surface area contributed by atoms with Crippen LogP contribution in [0.3, 0.4) is 0 Å². The first-order valence-corrected chi connectivity index (χ1v) is 8.78. The van der Waals surface area contributed by atoms with Crippen LogP contribution in [0.1, 0.15) is 39.5 Å². The van der Waals surface area contributed by atoms with E-state index in [1.165, 1.54) is 19.4 Å². The summed E-state index contributed by atoms with van der Waals surface area (Å²) < 4.78 is 11.4. The Bertz CT molecular complexity index is 329. The van der Waals surface area contributed by atoms with E-state index in [2.05, 4.69) is 31.9 Å². The molecule has 0 bridgehead atoms. The van der Waals surface area contributed by atoms with Crippen LogP contribution in [-0.4, -0.2) is 40.2 Å². The lowest BCUT2D eigenvalue weighted by atomic mass is 9.79. The van der Waals surface area contributed by atoms with Crippen LogP contribution in [0.15, 0.2) is 11.6 Å². The molecule has 104 valence electrons. The fraction of sp³-hybridized carbons (Fsp3) is 0.867. The highest BCUT2D eigenvalue weighted by atomic mass is 32.2. The zero-order valence-corrected chi connectivity index (χ0v) is 12.8. The predicted octanol–water partition coefficient (Wildman–Crippen LogP) is 2.82. The van der Waals surface area contributed by atoms with E-state index in [1.54, 1.807) is 5.57 Å². The van der Waals surface area contributed by atoms with E-state index >= 15 is 0 Å². The van der Waals surface area contributed by atoms with Crippen molar-refractivity contribution in [3.05, 3.63) is 11.6 Å². The molecule has 3 heteroatoms.